The molecule has 3 aliphatic rings. The fourth-order valence-electron chi connectivity index (χ4n) is 4.13. The maximum atomic E-state index is 11.5. The van der Waals surface area contributed by atoms with Crippen LogP contribution in [0.4, 0.5) is 0 Å². The van der Waals surface area contributed by atoms with Crippen LogP contribution in [0.5, 0.6) is 11.5 Å². The molecule has 2 fully saturated rings. The Kier molecular flexibility index (Phi) is 5.60. The summed E-state index contributed by atoms with van der Waals surface area (Å²) in [5.74, 6) is 1.53. The maximum Gasteiger partial charge on any atom is 0.246 e. The summed E-state index contributed by atoms with van der Waals surface area (Å²) in [6.07, 6.45) is 8.30. The second kappa shape index (κ2) is 8.85. The Balaban J connectivity index is 1.19. The molecule has 2 saturated heterocycles. The Hall–Kier alpha value is -3.64. The van der Waals surface area contributed by atoms with Crippen LogP contribution >= 0.6 is 0 Å². The van der Waals surface area contributed by atoms with Gasteiger partial charge in [-0.3, -0.25) is 9.59 Å². The van der Waals surface area contributed by atoms with E-state index in [0.717, 1.165) is 46.7 Å². The molecular weight excluding hydrogens is 404 g/mol. The molecular formula is C26H24N2O4. The molecule has 0 radical (unpaired) electrons. The van der Waals surface area contributed by atoms with Gasteiger partial charge in [0.2, 0.25) is 11.8 Å². The number of rotatable bonds is 5. The molecule has 2 N–H and O–H groups in total. The monoisotopic (exact) mass is 428 g/mol. The summed E-state index contributed by atoms with van der Waals surface area (Å²) in [5.41, 5.74) is 5.41. The molecule has 1 atom stereocenters. The average Bonchev–Trinajstić information content (AvgIpc) is 3.16. The molecule has 6 heteroatoms. The van der Waals surface area contributed by atoms with Crippen LogP contribution in [0.15, 0.2) is 77.5 Å². The molecule has 2 aromatic rings. The van der Waals surface area contributed by atoms with Gasteiger partial charge >= 0.3 is 0 Å². The number of fused-ring (bicyclic) bond motifs is 1. The number of ether oxygens (including phenoxy) is 2. The Labute approximate surface area is 186 Å². The molecule has 2 heterocycles. The molecule has 32 heavy (non-hydrogen) atoms. The first-order valence-corrected chi connectivity index (χ1v) is 10.8. The molecule has 6 nitrogen and oxygen atoms in total. The minimum atomic E-state index is -0.0627. The molecule has 1 aliphatic carbocycles. The molecule has 0 spiro atoms. The highest BCUT2D eigenvalue weighted by atomic mass is 16.5. The molecule has 1 unspecified atom stereocenters. The van der Waals surface area contributed by atoms with Gasteiger partial charge in [-0.1, -0.05) is 42.5 Å². The number of hydrogen-bond acceptors (Lipinski definition) is 4. The second-order valence-electron chi connectivity index (χ2n) is 8.23. The molecule has 0 saturated carbocycles. The minimum absolute atomic E-state index is 0.0111. The topological polar surface area (TPSA) is 76.7 Å². The van der Waals surface area contributed by atoms with E-state index in [4.69, 9.17) is 9.47 Å². The summed E-state index contributed by atoms with van der Waals surface area (Å²) < 4.78 is 11.3. The van der Waals surface area contributed by atoms with Crippen molar-refractivity contribution in [3.05, 3.63) is 88.7 Å². The number of allylic oxidation sites excluding steroid dienone is 4. The zero-order valence-corrected chi connectivity index (χ0v) is 17.6. The van der Waals surface area contributed by atoms with E-state index in [9.17, 15) is 9.59 Å². The van der Waals surface area contributed by atoms with Crippen LogP contribution in [-0.2, 0) is 20.7 Å². The van der Waals surface area contributed by atoms with Crippen molar-refractivity contribution in [2.75, 3.05) is 13.2 Å². The van der Waals surface area contributed by atoms with Gasteiger partial charge in [0, 0.05) is 5.70 Å². The summed E-state index contributed by atoms with van der Waals surface area (Å²) in [4.78, 5) is 23.0. The van der Waals surface area contributed by atoms with Gasteiger partial charge in [0.1, 0.15) is 18.1 Å². The first-order valence-electron chi connectivity index (χ1n) is 10.8. The van der Waals surface area contributed by atoms with Crippen molar-refractivity contribution in [1.29, 1.82) is 0 Å². The van der Waals surface area contributed by atoms with Gasteiger partial charge in [-0.05, 0) is 59.4 Å². The predicted octanol–water partition coefficient (Wildman–Crippen LogP) is 3.65. The van der Waals surface area contributed by atoms with Gasteiger partial charge in [-0.2, -0.15) is 0 Å². The molecule has 2 amide bonds. The highest BCUT2D eigenvalue weighted by molar-refractivity contribution is 5.87. The number of carbonyl (C=O) groups is 2. The summed E-state index contributed by atoms with van der Waals surface area (Å²) in [6.45, 7) is 0.684. The van der Waals surface area contributed by atoms with Gasteiger partial charge in [0.25, 0.3) is 0 Å². The van der Waals surface area contributed by atoms with Gasteiger partial charge in [-0.25, -0.2) is 0 Å². The van der Waals surface area contributed by atoms with Crippen molar-refractivity contribution >= 4 is 17.9 Å². The van der Waals surface area contributed by atoms with Crippen LogP contribution < -0.4 is 15.4 Å². The van der Waals surface area contributed by atoms with Crippen molar-refractivity contribution in [3.8, 4) is 11.5 Å². The van der Waals surface area contributed by atoms with Crippen LogP contribution in [0.2, 0.25) is 0 Å². The van der Waals surface area contributed by atoms with Crippen LogP contribution in [0.25, 0.3) is 6.08 Å². The number of hydrogen-bond donors (Lipinski definition) is 2. The Morgan fingerprint density at radius 1 is 1.00 bits per heavy atom. The summed E-state index contributed by atoms with van der Waals surface area (Å²) in [6, 6.07) is 15.9. The Morgan fingerprint density at radius 3 is 2.50 bits per heavy atom. The fraction of sp³-hybridized carbons (Fsp3) is 0.231. The number of amides is 2. The van der Waals surface area contributed by atoms with Crippen LogP contribution in [0.3, 0.4) is 0 Å². The van der Waals surface area contributed by atoms with E-state index in [0.29, 0.717) is 13.0 Å². The quantitative estimate of drug-likeness (QED) is 0.762. The summed E-state index contributed by atoms with van der Waals surface area (Å²) in [5, 5.41) is 5.83. The third-order valence-corrected chi connectivity index (χ3v) is 5.66. The number of nitrogens with one attached hydrogen (secondary N) is 2. The number of benzene rings is 2. The molecule has 162 valence electrons. The first-order chi connectivity index (χ1) is 15.6. The summed E-state index contributed by atoms with van der Waals surface area (Å²) in [7, 11) is 0. The van der Waals surface area contributed by atoms with Gasteiger partial charge < -0.3 is 20.1 Å². The van der Waals surface area contributed by atoms with E-state index in [2.05, 4.69) is 28.9 Å². The average molecular weight is 428 g/mol. The maximum absolute atomic E-state index is 11.5. The van der Waals surface area contributed by atoms with Crippen LogP contribution in [0.1, 0.15) is 24.0 Å². The first kappa shape index (κ1) is 20.3. The van der Waals surface area contributed by atoms with Crippen molar-refractivity contribution in [2.45, 2.75) is 25.3 Å². The Morgan fingerprint density at radius 2 is 1.75 bits per heavy atom. The van der Waals surface area contributed by atoms with Crippen molar-refractivity contribution in [3.63, 3.8) is 0 Å². The van der Waals surface area contributed by atoms with Gasteiger partial charge in [0.05, 0.1) is 19.1 Å². The predicted molar refractivity (Wildman–Crippen MR) is 121 cm³/mol. The molecule has 2 aliphatic heterocycles. The van der Waals surface area contributed by atoms with Crippen molar-refractivity contribution in [1.82, 2.24) is 10.6 Å². The lowest BCUT2D eigenvalue weighted by atomic mass is 9.97. The van der Waals surface area contributed by atoms with Crippen LogP contribution in [-0.4, -0.2) is 31.1 Å². The SMILES string of the molecule is O=C1CC2=C/C(=C/c3ccc(Oc4ccc(CC5COCC(=O)N5)cc4)cc3)CC=C2N1. The normalized spacial score (nSPS) is 21.4. The van der Waals surface area contributed by atoms with E-state index in [1.54, 1.807) is 0 Å². The highest BCUT2D eigenvalue weighted by Gasteiger charge is 2.22. The lowest BCUT2D eigenvalue weighted by molar-refractivity contribution is -0.131. The van der Waals surface area contributed by atoms with Gasteiger partial charge in [0.15, 0.2) is 0 Å². The standard InChI is InChI=1S/C26H24N2O4/c29-25-14-20-12-19(5-10-24(20)28-25)11-17-1-6-22(7-2-17)32-23-8-3-18(4-9-23)13-21-15-31-16-26(30)27-21/h1-4,6-12,21H,5,13-16H2,(H,27,30)(H,28,29)/b19-11+. The number of morpholine rings is 1. The van der Waals surface area contributed by atoms with E-state index in [1.807, 2.05) is 48.5 Å². The Bertz CT molecular complexity index is 1130. The van der Waals surface area contributed by atoms with E-state index < -0.39 is 0 Å². The lowest BCUT2D eigenvalue weighted by Crippen LogP contribution is -2.46. The summed E-state index contributed by atoms with van der Waals surface area (Å²) >= 11 is 0. The molecule has 5 rings (SSSR count). The van der Waals surface area contributed by atoms with Gasteiger partial charge in [-0.15, -0.1) is 0 Å². The highest BCUT2D eigenvalue weighted by Crippen LogP contribution is 2.29. The third-order valence-electron chi connectivity index (χ3n) is 5.66. The minimum Gasteiger partial charge on any atom is -0.457 e. The molecule has 0 aromatic heterocycles. The van der Waals surface area contributed by atoms with Crippen molar-refractivity contribution < 1.29 is 19.1 Å². The fourth-order valence-corrected chi connectivity index (χ4v) is 4.13. The molecule has 2 aromatic carbocycles. The zero-order valence-electron chi connectivity index (χ0n) is 17.6. The largest absolute Gasteiger partial charge is 0.457 e. The third kappa shape index (κ3) is 4.81. The number of carbonyl (C=O) groups excluding carboxylic acids is 2. The van der Waals surface area contributed by atoms with E-state index >= 15 is 0 Å². The second-order valence-corrected chi connectivity index (χ2v) is 8.23. The van der Waals surface area contributed by atoms with Crippen molar-refractivity contribution in [2.24, 2.45) is 0 Å². The lowest BCUT2D eigenvalue weighted by Gasteiger charge is -2.23. The van der Waals surface area contributed by atoms with Crippen LogP contribution in [0, 0.1) is 0 Å². The zero-order chi connectivity index (χ0) is 21.9. The van der Waals surface area contributed by atoms with E-state index in [1.165, 1.54) is 5.57 Å². The van der Waals surface area contributed by atoms with E-state index in [-0.39, 0.29) is 24.5 Å². The smallest absolute Gasteiger partial charge is 0.246 e. The molecule has 0 bridgehead atoms.